The van der Waals surface area contributed by atoms with Crippen LogP contribution in [0.3, 0.4) is 0 Å². The molecule has 0 unspecified atom stereocenters. The number of benzene rings is 2. The molecule has 0 saturated heterocycles. The Hall–Kier alpha value is -3.00. The van der Waals surface area contributed by atoms with Crippen LogP contribution in [0.1, 0.15) is 38.5 Å². The van der Waals surface area contributed by atoms with Crippen LogP contribution in [0.15, 0.2) is 42.5 Å². The highest BCUT2D eigenvalue weighted by molar-refractivity contribution is 6.34. The molecule has 0 spiro atoms. The highest BCUT2D eigenvalue weighted by Gasteiger charge is 2.34. The minimum atomic E-state index is -4.48. The maximum absolute atomic E-state index is 12.9. The summed E-state index contributed by atoms with van der Waals surface area (Å²) < 4.78 is 38.6. The lowest BCUT2D eigenvalue weighted by atomic mass is 10.1. The summed E-state index contributed by atoms with van der Waals surface area (Å²) in [5, 5.41) is 0.0439. The summed E-state index contributed by atoms with van der Waals surface area (Å²) in [6.07, 6.45) is -3.78. The van der Waals surface area contributed by atoms with E-state index in [1.165, 1.54) is 11.0 Å². The molecule has 148 valence electrons. The molecule has 2 amide bonds. The molecule has 1 aliphatic heterocycles. The Morgan fingerprint density at radius 2 is 1.62 bits per heavy atom. The number of rotatable bonds is 4. The normalized spacial score (nSPS) is 14.0. The van der Waals surface area contributed by atoms with Crippen LogP contribution in [0.25, 0.3) is 10.9 Å². The molecule has 4 rings (SSSR count). The Bertz CT molecular complexity index is 1110. The van der Waals surface area contributed by atoms with E-state index in [9.17, 15) is 22.8 Å². The second-order valence-corrected chi connectivity index (χ2v) is 6.93. The first-order valence-corrected chi connectivity index (χ1v) is 9.12. The first kappa shape index (κ1) is 19.3. The maximum Gasteiger partial charge on any atom is 0.416 e. The van der Waals surface area contributed by atoms with Crippen LogP contribution in [0.5, 0.6) is 0 Å². The van der Waals surface area contributed by atoms with E-state index in [0.29, 0.717) is 35.3 Å². The average Bonchev–Trinajstić information content (AvgIpc) is 2.92. The Morgan fingerprint density at radius 1 is 0.966 bits per heavy atom. The fourth-order valence-corrected chi connectivity index (χ4v) is 3.51. The number of nitrogens with zero attached hydrogens (tertiary/aromatic N) is 3. The second-order valence-electron chi connectivity index (χ2n) is 6.57. The zero-order valence-electron chi connectivity index (χ0n) is 14.8. The number of fused-ring (bicyclic) bond motifs is 2. The Kier molecular flexibility index (Phi) is 4.74. The molecule has 0 atom stereocenters. The number of hydrogen-bond donors (Lipinski definition) is 0. The fraction of sp³-hybridized carbons (Fsp3) is 0.200. The van der Waals surface area contributed by atoms with E-state index in [2.05, 4.69) is 9.97 Å². The van der Waals surface area contributed by atoms with E-state index in [1.807, 2.05) is 0 Å². The third kappa shape index (κ3) is 3.55. The lowest BCUT2D eigenvalue weighted by Crippen LogP contribution is -2.31. The van der Waals surface area contributed by atoms with Crippen molar-refractivity contribution >= 4 is 34.3 Å². The lowest BCUT2D eigenvalue weighted by molar-refractivity contribution is -0.137. The van der Waals surface area contributed by atoms with Crippen molar-refractivity contribution in [3.63, 3.8) is 0 Å². The van der Waals surface area contributed by atoms with Gasteiger partial charge in [-0.2, -0.15) is 13.2 Å². The largest absolute Gasteiger partial charge is 0.416 e. The van der Waals surface area contributed by atoms with Gasteiger partial charge in [0.2, 0.25) is 0 Å². The summed E-state index contributed by atoms with van der Waals surface area (Å²) in [5.74, 6) is -0.357. The van der Waals surface area contributed by atoms with Gasteiger partial charge >= 0.3 is 6.18 Å². The van der Waals surface area contributed by atoms with Gasteiger partial charge in [-0.3, -0.25) is 14.5 Å². The van der Waals surface area contributed by atoms with Crippen LogP contribution >= 0.6 is 11.6 Å². The molecule has 1 aromatic heterocycles. The Morgan fingerprint density at radius 3 is 2.24 bits per heavy atom. The summed E-state index contributed by atoms with van der Waals surface area (Å²) in [6, 6.07) is 9.72. The maximum atomic E-state index is 12.9. The summed E-state index contributed by atoms with van der Waals surface area (Å²) in [6.45, 7) is 0.179. The highest BCUT2D eigenvalue weighted by Crippen LogP contribution is 2.32. The molecule has 0 radical (unpaired) electrons. The number of aromatic nitrogens is 2. The van der Waals surface area contributed by atoms with Crippen molar-refractivity contribution in [1.82, 2.24) is 14.9 Å². The van der Waals surface area contributed by atoms with Gasteiger partial charge in [-0.15, -0.1) is 0 Å². The van der Waals surface area contributed by atoms with Crippen LogP contribution in [0.4, 0.5) is 13.2 Å². The minimum absolute atomic E-state index is 0.0724. The molecule has 1 aliphatic rings. The van der Waals surface area contributed by atoms with Crippen molar-refractivity contribution in [3.05, 3.63) is 70.1 Å². The summed E-state index contributed by atoms with van der Waals surface area (Å²) >= 11 is 6.06. The van der Waals surface area contributed by atoms with Crippen LogP contribution < -0.4 is 0 Å². The number of imide groups is 1. The third-order valence-corrected chi connectivity index (χ3v) is 4.97. The van der Waals surface area contributed by atoms with Crippen LogP contribution in [0, 0.1) is 0 Å². The molecular weight excluding hydrogens is 407 g/mol. The van der Waals surface area contributed by atoms with E-state index in [-0.39, 0.29) is 28.9 Å². The van der Waals surface area contributed by atoms with E-state index in [0.717, 1.165) is 12.1 Å². The zero-order valence-corrected chi connectivity index (χ0v) is 15.6. The Labute approximate surface area is 168 Å². The molecule has 0 bridgehead atoms. The molecule has 0 fully saturated rings. The summed E-state index contributed by atoms with van der Waals surface area (Å²) in [5.41, 5.74) is 0.230. The van der Waals surface area contributed by atoms with Gasteiger partial charge in [0.1, 0.15) is 11.0 Å². The Balaban J connectivity index is 1.48. The molecular formula is C20H13ClF3N3O2. The van der Waals surface area contributed by atoms with Crippen molar-refractivity contribution in [1.29, 1.82) is 0 Å². The quantitative estimate of drug-likeness (QED) is 0.460. The van der Waals surface area contributed by atoms with E-state index < -0.39 is 11.7 Å². The smallest absolute Gasteiger partial charge is 0.274 e. The molecule has 0 saturated carbocycles. The van der Waals surface area contributed by atoms with Crippen molar-refractivity contribution in [3.8, 4) is 0 Å². The number of carbonyl (C=O) groups excluding carboxylic acids is 2. The van der Waals surface area contributed by atoms with Gasteiger partial charge in [0.15, 0.2) is 0 Å². The number of amides is 2. The predicted octanol–water partition coefficient (Wildman–Crippen LogP) is 4.53. The molecule has 29 heavy (non-hydrogen) atoms. The molecule has 3 aromatic rings. The van der Waals surface area contributed by atoms with Gasteiger partial charge in [-0.1, -0.05) is 23.7 Å². The molecule has 2 heterocycles. The number of carbonyl (C=O) groups is 2. The van der Waals surface area contributed by atoms with Crippen LogP contribution in [-0.4, -0.2) is 33.2 Å². The van der Waals surface area contributed by atoms with Gasteiger partial charge in [0, 0.05) is 18.4 Å². The first-order chi connectivity index (χ1) is 13.8. The lowest BCUT2D eigenvalue weighted by Gasteiger charge is -2.13. The topological polar surface area (TPSA) is 63.2 Å². The van der Waals surface area contributed by atoms with E-state index in [1.54, 1.807) is 24.3 Å². The van der Waals surface area contributed by atoms with Gasteiger partial charge in [0.05, 0.1) is 22.2 Å². The second kappa shape index (κ2) is 7.11. The molecule has 0 N–H and O–H groups in total. The fourth-order valence-electron chi connectivity index (χ4n) is 3.26. The number of aryl methyl sites for hydroxylation is 1. The molecule has 0 aliphatic carbocycles. The SMILES string of the molecule is O=C1c2ccccc2C(=O)N1CCCc1nc(Cl)c2cc(C(F)(F)F)ccc2n1. The molecule has 9 heteroatoms. The van der Waals surface area contributed by atoms with Crippen molar-refractivity contribution in [2.75, 3.05) is 6.54 Å². The monoisotopic (exact) mass is 419 g/mol. The van der Waals surface area contributed by atoms with Crippen LogP contribution in [-0.2, 0) is 12.6 Å². The van der Waals surface area contributed by atoms with Crippen LogP contribution in [0.2, 0.25) is 5.15 Å². The number of halogens is 4. The summed E-state index contributed by atoms with van der Waals surface area (Å²) in [4.78, 5) is 34.2. The van der Waals surface area contributed by atoms with E-state index >= 15 is 0 Å². The van der Waals surface area contributed by atoms with Gasteiger partial charge < -0.3 is 0 Å². The standard InChI is InChI=1S/C20H13ClF3N3O2/c21-17-14-10-11(20(22,23)24)7-8-15(14)25-16(26-17)6-3-9-27-18(28)12-4-1-2-5-13(12)19(27)29/h1-2,4-5,7-8,10H,3,6,9H2. The third-order valence-electron chi connectivity index (χ3n) is 4.68. The van der Waals surface area contributed by atoms with Crippen molar-refractivity contribution < 1.29 is 22.8 Å². The highest BCUT2D eigenvalue weighted by atomic mass is 35.5. The van der Waals surface area contributed by atoms with Gasteiger partial charge in [-0.25, -0.2) is 9.97 Å². The first-order valence-electron chi connectivity index (χ1n) is 8.74. The minimum Gasteiger partial charge on any atom is -0.274 e. The molecule has 5 nitrogen and oxygen atoms in total. The predicted molar refractivity (Wildman–Crippen MR) is 99.7 cm³/mol. The van der Waals surface area contributed by atoms with Crippen molar-refractivity contribution in [2.45, 2.75) is 19.0 Å². The number of hydrogen-bond acceptors (Lipinski definition) is 4. The van der Waals surface area contributed by atoms with Gasteiger partial charge in [-0.05, 0) is 36.8 Å². The van der Waals surface area contributed by atoms with E-state index in [4.69, 9.17) is 11.6 Å². The summed E-state index contributed by atoms with van der Waals surface area (Å²) in [7, 11) is 0. The van der Waals surface area contributed by atoms with Crippen molar-refractivity contribution in [2.24, 2.45) is 0 Å². The zero-order chi connectivity index (χ0) is 20.8. The number of alkyl halides is 3. The molecule has 2 aromatic carbocycles. The van der Waals surface area contributed by atoms with Gasteiger partial charge in [0.25, 0.3) is 11.8 Å². The average molecular weight is 420 g/mol.